The van der Waals surface area contributed by atoms with Crippen molar-refractivity contribution in [1.82, 2.24) is 4.98 Å². The monoisotopic (exact) mass is 981 g/mol. The Labute approximate surface area is 448 Å². The highest BCUT2D eigenvalue weighted by Crippen LogP contribution is 2.62. The molecular formula is C70H73BN4. The SMILES string of the molecule is Cc1cc2c3c(c1)N(c1ccc(C(C)(C)C)cc1-c1ccccc1)c1cc4c(cc1B3c1ccc(N3c5ccc(-c6ccccn6)cc5C5(C)CCCCC35C)cc1N2c1ccc(C(C)(C)C)cc1C)CC(C)(C)C4. The van der Waals surface area contributed by atoms with Crippen LogP contribution in [0, 0.1) is 19.3 Å². The summed E-state index contributed by atoms with van der Waals surface area (Å²) in [5, 5.41) is 0. The summed E-state index contributed by atoms with van der Waals surface area (Å²) in [6, 6.07) is 57.1. The summed E-state index contributed by atoms with van der Waals surface area (Å²) in [5.41, 5.74) is 28.7. The van der Waals surface area contributed by atoms with Gasteiger partial charge in [0.05, 0.1) is 16.9 Å². The highest BCUT2D eigenvalue weighted by atomic mass is 15.3. The summed E-state index contributed by atoms with van der Waals surface area (Å²) in [5.74, 6) is 0. The van der Waals surface area contributed by atoms with Gasteiger partial charge in [0.15, 0.2) is 0 Å². The molecule has 2 atom stereocenters. The maximum atomic E-state index is 4.83. The largest absolute Gasteiger partial charge is 0.334 e. The summed E-state index contributed by atoms with van der Waals surface area (Å²) in [6.07, 6.45) is 8.82. The molecule has 7 aromatic carbocycles. The lowest BCUT2D eigenvalue weighted by Gasteiger charge is -2.50. The number of anilines is 8. The number of aromatic nitrogens is 1. The van der Waals surface area contributed by atoms with Crippen molar-refractivity contribution in [2.75, 3.05) is 14.7 Å². The Morgan fingerprint density at radius 1 is 0.520 bits per heavy atom. The lowest BCUT2D eigenvalue weighted by atomic mass is 9.33. The second-order valence-electron chi connectivity index (χ2n) is 26.5. The number of aryl methyl sites for hydroxylation is 2. The maximum absolute atomic E-state index is 4.83. The van der Waals surface area contributed by atoms with E-state index in [1.165, 1.54) is 130 Å². The molecule has 5 aliphatic rings. The van der Waals surface area contributed by atoms with Gasteiger partial charge in [-0.1, -0.05) is 148 Å². The second-order valence-corrected chi connectivity index (χ2v) is 26.5. The Morgan fingerprint density at radius 2 is 1.16 bits per heavy atom. The van der Waals surface area contributed by atoms with E-state index in [9.17, 15) is 0 Å². The molecule has 4 nitrogen and oxygen atoms in total. The average Bonchev–Trinajstić information content (AvgIpc) is 3.81. The van der Waals surface area contributed by atoms with Gasteiger partial charge in [0.25, 0.3) is 6.71 Å². The molecule has 0 saturated heterocycles. The molecule has 75 heavy (non-hydrogen) atoms. The number of pyridine rings is 1. The van der Waals surface area contributed by atoms with E-state index in [-0.39, 0.29) is 33.9 Å². The molecule has 1 fully saturated rings. The van der Waals surface area contributed by atoms with Crippen molar-refractivity contribution in [3.8, 4) is 22.4 Å². The molecule has 1 aromatic heterocycles. The van der Waals surface area contributed by atoms with Crippen LogP contribution in [0.1, 0.15) is 134 Å². The van der Waals surface area contributed by atoms with Gasteiger partial charge in [-0.25, -0.2) is 0 Å². The van der Waals surface area contributed by atoms with Gasteiger partial charge in [0.1, 0.15) is 0 Å². The van der Waals surface area contributed by atoms with Crippen LogP contribution >= 0.6 is 0 Å². The Morgan fingerprint density at radius 3 is 1.85 bits per heavy atom. The highest BCUT2D eigenvalue weighted by Gasteiger charge is 2.58. The normalized spacial score (nSPS) is 20.1. The average molecular weight is 981 g/mol. The number of rotatable bonds is 5. The van der Waals surface area contributed by atoms with Crippen LogP contribution in [0.3, 0.4) is 0 Å². The predicted molar refractivity (Wildman–Crippen MR) is 320 cm³/mol. The molecule has 5 heteroatoms. The molecule has 0 N–H and O–H groups in total. The van der Waals surface area contributed by atoms with Crippen LogP contribution < -0.4 is 31.1 Å². The van der Waals surface area contributed by atoms with Crippen molar-refractivity contribution in [3.63, 3.8) is 0 Å². The minimum atomic E-state index is -0.125. The topological polar surface area (TPSA) is 22.6 Å². The molecule has 3 aliphatic heterocycles. The molecule has 376 valence electrons. The number of nitrogens with zero attached hydrogens (tertiary/aromatic N) is 4. The van der Waals surface area contributed by atoms with Crippen molar-refractivity contribution < 1.29 is 0 Å². The highest BCUT2D eigenvalue weighted by molar-refractivity contribution is 7.00. The van der Waals surface area contributed by atoms with Crippen molar-refractivity contribution in [2.24, 2.45) is 5.41 Å². The first-order chi connectivity index (χ1) is 35.7. The molecule has 2 unspecified atom stereocenters. The van der Waals surface area contributed by atoms with Crippen LogP contribution in [0.2, 0.25) is 0 Å². The number of fused-ring (bicyclic) bond motifs is 8. The fourth-order valence-electron chi connectivity index (χ4n) is 14.6. The third kappa shape index (κ3) is 7.33. The fraction of sp³-hybridized carbons (Fsp3) is 0.329. The van der Waals surface area contributed by atoms with E-state index in [4.69, 9.17) is 4.98 Å². The van der Waals surface area contributed by atoms with E-state index in [0.717, 1.165) is 31.4 Å². The van der Waals surface area contributed by atoms with Gasteiger partial charge in [-0.15, -0.1) is 0 Å². The third-order valence-corrected chi connectivity index (χ3v) is 18.7. The molecular weight excluding hydrogens is 908 g/mol. The van der Waals surface area contributed by atoms with E-state index >= 15 is 0 Å². The van der Waals surface area contributed by atoms with Crippen LogP contribution in [-0.2, 0) is 29.1 Å². The van der Waals surface area contributed by atoms with E-state index < -0.39 is 0 Å². The molecule has 13 rings (SSSR count). The zero-order valence-electron chi connectivity index (χ0n) is 46.5. The summed E-state index contributed by atoms with van der Waals surface area (Å²) in [7, 11) is 0. The van der Waals surface area contributed by atoms with E-state index in [2.05, 4.69) is 237 Å². The zero-order chi connectivity index (χ0) is 52.1. The molecule has 2 aliphatic carbocycles. The summed E-state index contributed by atoms with van der Waals surface area (Å²) < 4.78 is 0. The maximum Gasteiger partial charge on any atom is 0.252 e. The Hall–Kier alpha value is -6.85. The molecule has 0 radical (unpaired) electrons. The first kappa shape index (κ1) is 47.8. The van der Waals surface area contributed by atoms with Gasteiger partial charge in [-0.05, 0) is 196 Å². The van der Waals surface area contributed by atoms with E-state index in [1.807, 2.05) is 12.3 Å². The Balaban J connectivity index is 1.09. The van der Waals surface area contributed by atoms with Crippen LogP contribution in [0.4, 0.5) is 45.5 Å². The molecule has 4 heterocycles. The van der Waals surface area contributed by atoms with Crippen LogP contribution in [0.5, 0.6) is 0 Å². The minimum absolute atomic E-state index is 0.0154. The van der Waals surface area contributed by atoms with Gasteiger partial charge in [-0.2, -0.15) is 0 Å². The molecule has 8 aromatic rings. The van der Waals surface area contributed by atoms with Crippen molar-refractivity contribution in [3.05, 3.63) is 191 Å². The van der Waals surface area contributed by atoms with E-state index in [0.29, 0.717) is 0 Å². The number of hydrogen-bond acceptors (Lipinski definition) is 4. The quantitative estimate of drug-likeness (QED) is 0.160. The summed E-state index contributed by atoms with van der Waals surface area (Å²) in [6.45, 7) is 28.7. The van der Waals surface area contributed by atoms with Gasteiger partial charge < -0.3 is 14.7 Å². The zero-order valence-corrected chi connectivity index (χ0v) is 46.5. The van der Waals surface area contributed by atoms with Crippen LogP contribution in [0.25, 0.3) is 22.4 Å². The fourth-order valence-corrected chi connectivity index (χ4v) is 14.6. The van der Waals surface area contributed by atoms with Gasteiger partial charge >= 0.3 is 0 Å². The molecule has 0 spiro atoms. The minimum Gasteiger partial charge on any atom is -0.334 e. The Bertz CT molecular complexity index is 3630. The molecule has 1 saturated carbocycles. The lowest BCUT2D eigenvalue weighted by Crippen LogP contribution is -2.61. The van der Waals surface area contributed by atoms with E-state index in [1.54, 1.807) is 0 Å². The number of hydrogen-bond donors (Lipinski definition) is 0. The van der Waals surface area contributed by atoms with Crippen molar-refractivity contribution in [2.45, 2.75) is 143 Å². The first-order valence-corrected chi connectivity index (χ1v) is 27.9. The third-order valence-electron chi connectivity index (χ3n) is 18.7. The van der Waals surface area contributed by atoms with Gasteiger partial charge in [0, 0.05) is 62.6 Å². The van der Waals surface area contributed by atoms with Crippen molar-refractivity contribution >= 4 is 68.6 Å². The summed E-state index contributed by atoms with van der Waals surface area (Å²) in [4.78, 5) is 13.0. The van der Waals surface area contributed by atoms with Crippen molar-refractivity contribution in [1.29, 1.82) is 0 Å². The molecule has 0 amide bonds. The first-order valence-electron chi connectivity index (χ1n) is 27.9. The summed E-state index contributed by atoms with van der Waals surface area (Å²) >= 11 is 0. The predicted octanol–water partition coefficient (Wildman–Crippen LogP) is 16.6. The van der Waals surface area contributed by atoms with Crippen LogP contribution in [-0.4, -0.2) is 17.2 Å². The van der Waals surface area contributed by atoms with Gasteiger partial charge in [-0.3, -0.25) is 4.98 Å². The number of benzene rings is 7. The standard InChI is InChI=1S/C70H73BN4/c1-44-34-63-65-64(35-44)74(59-30-25-51(67(6,7)8)40-53(59)46-20-14-13-15-21-46)61-39-49-43-68(9,10)42-48(49)38-56(61)71(65)55-27-26-52(41-62(55)73(63)58-29-24-50(36-45(58)2)66(3,4)5)75-60-28-23-47(57-22-16-19-33-72-57)37-54(60)69(11)31-17-18-32-70(69,75)12/h13-16,19-30,33-41H,17-18,31-32,42-43H2,1-12H3. The molecule has 0 bridgehead atoms. The smallest absolute Gasteiger partial charge is 0.252 e. The second kappa shape index (κ2) is 16.6. The van der Waals surface area contributed by atoms with Gasteiger partial charge in [0.2, 0.25) is 0 Å². The lowest BCUT2D eigenvalue weighted by molar-refractivity contribution is 0.195. The Kier molecular flexibility index (Phi) is 10.6. The van der Waals surface area contributed by atoms with Crippen LogP contribution in [0.15, 0.2) is 152 Å².